The summed E-state index contributed by atoms with van der Waals surface area (Å²) in [6, 6.07) is 9.50. The Morgan fingerprint density at radius 2 is 1.61 bits per heavy atom. The lowest BCUT2D eigenvalue weighted by Gasteiger charge is -2.36. The van der Waals surface area contributed by atoms with E-state index in [2.05, 4.69) is 48.3 Å². The van der Waals surface area contributed by atoms with Crippen LogP contribution < -0.4 is 16.0 Å². The zero-order valence-corrected chi connectivity index (χ0v) is 14.8. The SMILES string of the molecule is C[C@@H]1C[C@@H](C)CN(c2ccc(NCC3CCC(N)CC3)cc2)C1. The molecule has 3 N–H and O–H groups in total. The van der Waals surface area contributed by atoms with Crippen LogP contribution in [-0.4, -0.2) is 25.7 Å². The summed E-state index contributed by atoms with van der Waals surface area (Å²) in [5.74, 6) is 2.39. The number of hydrogen-bond donors (Lipinski definition) is 2. The second kappa shape index (κ2) is 7.57. The van der Waals surface area contributed by atoms with E-state index in [4.69, 9.17) is 5.73 Å². The summed E-state index contributed by atoms with van der Waals surface area (Å²) < 4.78 is 0. The molecule has 0 radical (unpaired) electrons. The van der Waals surface area contributed by atoms with Crippen LogP contribution in [0.1, 0.15) is 46.0 Å². The van der Waals surface area contributed by atoms with Crippen LogP contribution in [0.25, 0.3) is 0 Å². The Morgan fingerprint density at radius 3 is 2.22 bits per heavy atom. The first-order valence-corrected chi connectivity index (χ1v) is 9.44. The molecule has 1 aliphatic heterocycles. The van der Waals surface area contributed by atoms with E-state index in [1.807, 2.05) is 0 Å². The molecule has 0 unspecified atom stereocenters. The Kier molecular flexibility index (Phi) is 5.47. The Hall–Kier alpha value is -1.22. The molecule has 3 heteroatoms. The summed E-state index contributed by atoms with van der Waals surface area (Å²) in [5.41, 5.74) is 8.61. The Balaban J connectivity index is 1.51. The Bertz CT molecular complexity index is 466. The molecule has 3 rings (SSSR count). The zero-order chi connectivity index (χ0) is 16.2. The van der Waals surface area contributed by atoms with Crippen LogP contribution in [-0.2, 0) is 0 Å². The van der Waals surface area contributed by atoms with Crippen molar-refractivity contribution in [2.24, 2.45) is 23.5 Å². The van der Waals surface area contributed by atoms with E-state index >= 15 is 0 Å². The normalized spacial score (nSPS) is 31.9. The van der Waals surface area contributed by atoms with Crippen LogP contribution in [0.2, 0.25) is 0 Å². The number of hydrogen-bond acceptors (Lipinski definition) is 3. The Labute approximate surface area is 141 Å². The van der Waals surface area contributed by atoms with Gasteiger partial charge in [-0.15, -0.1) is 0 Å². The van der Waals surface area contributed by atoms with Gasteiger partial charge in [-0.3, -0.25) is 0 Å². The molecule has 2 atom stereocenters. The van der Waals surface area contributed by atoms with E-state index < -0.39 is 0 Å². The van der Waals surface area contributed by atoms with Gasteiger partial charge < -0.3 is 16.0 Å². The van der Waals surface area contributed by atoms with Crippen molar-refractivity contribution in [3.05, 3.63) is 24.3 Å². The van der Waals surface area contributed by atoms with Gasteiger partial charge in [-0.2, -0.15) is 0 Å². The van der Waals surface area contributed by atoms with Crippen molar-refractivity contribution in [1.29, 1.82) is 0 Å². The van der Waals surface area contributed by atoms with Crippen LogP contribution in [0.5, 0.6) is 0 Å². The number of rotatable bonds is 4. The molecule has 1 aromatic carbocycles. The number of anilines is 2. The van der Waals surface area contributed by atoms with Crippen LogP contribution in [0.3, 0.4) is 0 Å². The molecule has 2 fully saturated rings. The summed E-state index contributed by atoms with van der Waals surface area (Å²) in [7, 11) is 0. The molecule has 0 spiro atoms. The molecule has 3 nitrogen and oxygen atoms in total. The average Bonchev–Trinajstić information content (AvgIpc) is 2.54. The van der Waals surface area contributed by atoms with E-state index in [9.17, 15) is 0 Å². The van der Waals surface area contributed by atoms with Crippen LogP contribution in [0.4, 0.5) is 11.4 Å². The first-order valence-electron chi connectivity index (χ1n) is 9.44. The van der Waals surface area contributed by atoms with Gasteiger partial charge in [0.2, 0.25) is 0 Å². The van der Waals surface area contributed by atoms with E-state index in [0.29, 0.717) is 6.04 Å². The number of benzene rings is 1. The fourth-order valence-corrected chi connectivity index (χ4v) is 4.32. The highest BCUT2D eigenvalue weighted by molar-refractivity contribution is 5.55. The maximum Gasteiger partial charge on any atom is 0.0367 e. The molecule has 0 aromatic heterocycles. The summed E-state index contributed by atoms with van der Waals surface area (Å²) in [5, 5.41) is 3.62. The third-order valence-corrected chi connectivity index (χ3v) is 5.59. The van der Waals surface area contributed by atoms with Gasteiger partial charge >= 0.3 is 0 Å². The predicted molar refractivity (Wildman–Crippen MR) is 100 cm³/mol. The first-order chi connectivity index (χ1) is 11.1. The van der Waals surface area contributed by atoms with Crippen molar-refractivity contribution in [2.45, 2.75) is 52.0 Å². The summed E-state index contributed by atoms with van der Waals surface area (Å²) >= 11 is 0. The van der Waals surface area contributed by atoms with E-state index in [1.54, 1.807) is 0 Å². The molecule has 0 bridgehead atoms. The van der Waals surface area contributed by atoms with E-state index in [1.165, 1.54) is 56.6 Å². The molecule has 128 valence electrons. The number of piperidine rings is 1. The van der Waals surface area contributed by atoms with Crippen molar-refractivity contribution >= 4 is 11.4 Å². The second-order valence-electron chi connectivity index (χ2n) is 8.06. The van der Waals surface area contributed by atoms with Gasteiger partial charge in [0.1, 0.15) is 0 Å². The molecule has 1 aliphatic carbocycles. The standard InChI is InChI=1S/C20H33N3/c1-15-11-16(2)14-23(13-15)20-9-7-19(8-10-20)22-12-17-3-5-18(21)6-4-17/h7-10,15-18,22H,3-6,11-14,21H2,1-2H3/t15-,16-,17?,18?/m1/s1. The number of nitrogens with one attached hydrogen (secondary N) is 1. The molecule has 1 heterocycles. The van der Waals surface area contributed by atoms with Gasteiger partial charge in [-0.1, -0.05) is 13.8 Å². The molecule has 1 saturated carbocycles. The third kappa shape index (κ3) is 4.63. The van der Waals surface area contributed by atoms with Gasteiger partial charge in [-0.25, -0.2) is 0 Å². The molecular formula is C20H33N3. The lowest BCUT2D eigenvalue weighted by Crippen LogP contribution is -2.38. The van der Waals surface area contributed by atoms with Crippen molar-refractivity contribution in [2.75, 3.05) is 29.9 Å². The number of nitrogens with zero attached hydrogens (tertiary/aromatic N) is 1. The molecule has 2 aliphatic rings. The van der Waals surface area contributed by atoms with Crippen molar-refractivity contribution in [1.82, 2.24) is 0 Å². The number of nitrogens with two attached hydrogens (primary N) is 1. The van der Waals surface area contributed by atoms with Gasteiger partial charge in [-0.05, 0) is 74.1 Å². The fourth-order valence-electron chi connectivity index (χ4n) is 4.32. The molecule has 23 heavy (non-hydrogen) atoms. The lowest BCUT2D eigenvalue weighted by atomic mass is 9.86. The van der Waals surface area contributed by atoms with Gasteiger partial charge in [0.05, 0.1) is 0 Å². The van der Waals surface area contributed by atoms with Crippen LogP contribution >= 0.6 is 0 Å². The van der Waals surface area contributed by atoms with Crippen molar-refractivity contribution < 1.29 is 0 Å². The molecule has 1 aromatic rings. The lowest BCUT2D eigenvalue weighted by molar-refractivity contribution is 0.339. The van der Waals surface area contributed by atoms with E-state index in [-0.39, 0.29) is 0 Å². The van der Waals surface area contributed by atoms with E-state index in [0.717, 1.165) is 24.3 Å². The highest BCUT2D eigenvalue weighted by atomic mass is 15.1. The fraction of sp³-hybridized carbons (Fsp3) is 0.700. The highest BCUT2D eigenvalue weighted by Gasteiger charge is 2.22. The van der Waals surface area contributed by atoms with Gasteiger partial charge in [0.15, 0.2) is 0 Å². The van der Waals surface area contributed by atoms with Crippen molar-refractivity contribution in [3.63, 3.8) is 0 Å². The minimum absolute atomic E-state index is 0.444. The summed E-state index contributed by atoms with van der Waals surface area (Å²) in [6.07, 6.45) is 6.29. The van der Waals surface area contributed by atoms with Gasteiger partial charge in [0.25, 0.3) is 0 Å². The minimum Gasteiger partial charge on any atom is -0.385 e. The Morgan fingerprint density at radius 1 is 1.00 bits per heavy atom. The predicted octanol–water partition coefficient (Wildman–Crippen LogP) is 4.10. The molecule has 0 amide bonds. The average molecular weight is 316 g/mol. The monoisotopic (exact) mass is 315 g/mol. The minimum atomic E-state index is 0.444. The highest BCUT2D eigenvalue weighted by Crippen LogP contribution is 2.28. The maximum atomic E-state index is 5.99. The third-order valence-electron chi connectivity index (χ3n) is 5.59. The zero-order valence-electron chi connectivity index (χ0n) is 14.8. The smallest absolute Gasteiger partial charge is 0.0367 e. The maximum absolute atomic E-state index is 5.99. The molecular weight excluding hydrogens is 282 g/mol. The quantitative estimate of drug-likeness (QED) is 0.879. The topological polar surface area (TPSA) is 41.3 Å². The van der Waals surface area contributed by atoms with Crippen LogP contribution in [0, 0.1) is 17.8 Å². The summed E-state index contributed by atoms with van der Waals surface area (Å²) in [4.78, 5) is 2.55. The first kappa shape index (κ1) is 16.6. The van der Waals surface area contributed by atoms with Crippen LogP contribution in [0.15, 0.2) is 24.3 Å². The summed E-state index contributed by atoms with van der Waals surface area (Å²) in [6.45, 7) is 8.21. The van der Waals surface area contributed by atoms with Crippen molar-refractivity contribution in [3.8, 4) is 0 Å². The molecule has 1 saturated heterocycles. The second-order valence-corrected chi connectivity index (χ2v) is 8.06. The largest absolute Gasteiger partial charge is 0.385 e. The van der Waals surface area contributed by atoms with Gasteiger partial charge in [0, 0.05) is 37.1 Å².